The Labute approximate surface area is 135 Å². The Kier molecular flexibility index (Phi) is 7.87. The van der Waals surface area contributed by atoms with Gasteiger partial charge in [-0.05, 0) is 13.6 Å². The summed E-state index contributed by atoms with van der Waals surface area (Å²) in [7, 11) is 2.20. The van der Waals surface area contributed by atoms with E-state index in [-0.39, 0.29) is 18.9 Å². The average molecular weight is 267 g/mol. The molecule has 1 fully saturated rings. The fourth-order valence-corrected chi connectivity index (χ4v) is 2.55. The van der Waals surface area contributed by atoms with Gasteiger partial charge in [0.2, 0.25) is 0 Å². The Bertz CT molecular complexity index is 361. The van der Waals surface area contributed by atoms with Gasteiger partial charge in [-0.1, -0.05) is 55.8 Å². The van der Waals surface area contributed by atoms with Crippen molar-refractivity contribution in [1.82, 2.24) is 9.80 Å². The molecule has 0 radical (unpaired) electrons. The first-order chi connectivity index (χ1) is 9.15. The quantitative estimate of drug-likeness (QED) is 0.687. The summed E-state index contributed by atoms with van der Waals surface area (Å²) in [6.45, 7) is 10.0. The summed E-state index contributed by atoms with van der Waals surface area (Å²) in [5.74, 6) is 0. The average Bonchev–Trinajstić information content (AvgIpc) is 2.41. The van der Waals surface area contributed by atoms with Crippen LogP contribution in [0, 0.1) is 0 Å². The molecule has 0 N–H and O–H groups in total. The Balaban J connectivity index is 0.00000200. The van der Waals surface area contributed by atoms with Gasteiger partial charge >= 0.3 is 18.9 Å². The van der Waals surface area contributed by atoms with Crippen LogP contribution in [0.5, 0.6) is 0 Å². The van der Waals surface area contributed by atoms with E-state index in [1.165, 1.54) is 18.7 Å². The molecule has 4 heteroatoms. The number of rotatable bonds is 5. The van der Waals surface area contributed by atoms with Crippen molar-refractivity contribution in [3.05, 3.63) is 41.2 Å². The molecule has 1 atom stereocenters. The molecule has 106 valence electrons. The molecule has 0 unspecified atom stereocenters. The fourth-order valence-electron chi connectivity index (χ4n) is 2.55. The number of hydrogen-bond donors (Lipinski definition) is 0. The summed E-state index contributed by atoms with van der Waals surface area (Å²) in [5, 5.41) is 4.91. The zero-order chi connectivity index (χ0) is 13.7. The summed E-state index contributed by atoms with van der Waals surface area (Å²) in [5.41, 5.74) is 1.34. The number of likely N-dealkylation sites (N-methyl/N-ethyl adjacent to an activating group) is 1. The first-order valence-corrected chi connectivity index (χ1v) is 7.31. The van der Waals surface area contributed by atoms with E-state index in [1.807, 2.05) is 0 Å². The molecule has 0 aliphatic carbocycles. The number of hydrogen-bond acceptors (Lipinski definition) is 2. The largest absolute Gasteiger partial charge is 1.00 e. The molecule has 2 rings (SSSR count). The van der Waals surface area contributed by atoms with Crippen LogP contribution in [0.2, 0.25) is 0 Å². The molecule has 0 saturated carbocycles. The minimum Gasteiger partial charge on any atom is -0.652 e. The SMILES string of the molecule is CC(C)[N-][C@@H](CN1CCN(C)CC1)c1ccccc1.[Li+]. The van der Waals surface area contributed by atoms with Crippen LogP contribution in [-0.2, 0) is 0 Å². The molecule has 1 aliphatic heterocycles. The summed E-state index contributed by atoms with van der Waals surface area (Å²) < 4.78 is 0. The number of piperazine rings is 1. The molecule has 20 heavy (non-hydrogen) atoms. The maximum absolute atomic E-state index is 4.91. The van der Waals surface area contributed by atoms with Crippen molar-refractivity contribution >= 4 is 0 Å². The standard InChI is InChI=1S/C16H26N3.Li/c1-14(2)17-16(15-7-5-4-6-8-15)13-19-11-9-18(3)10-12-19;/h4-8,14,16H,9-13H2,1-3H3;/q-1;+1/t16-;/m0./s1. The fraction of sp³-hybridized carbons (Fsp3) is 0.625. The molecule has 1 heterocycles. The van der Waals surface area contributed by atoms with Gasteiger partial charge in [-0.15, -0.1) is 6.04 Å². The zero-order valence-electron chi connectivity index (χ0n) is 13.4. The van der Waals surface area contributed by atoms with Crippen LogP contribution in [0.3, 0.4) is 0 Å². The van der Waals surface area contributed by atoms with Crippen LogP contribution in [-0.4, -0.2) is 55.6 Å². The molecule has 0 aromatic heterocycles. The Morgan fingerprint density at radius 2 is 1.65 bits per heavy atom. The zero-order valence-corrected chi connectivity index (χ0v) is 13.4. The Morgan fingerprint density at radius 3 is 2.20 bits per heavy atom. The van der Waals surface area contributed by atoms with Gasteiger partial charge in [-0.25, -0.2) is 0 Å². The molecule has 1 aliphatic rings. The third-order valence-corrected chi connectivity index (χ3v) is 3.69. The summed E-state index contributed by atoms with van der Waals surface area (Å²) in [6.07, 6.45) is 0. The molecular formula is C16H26LiN3. The van der Waals surface area contributed by atoms with Crippen LogP contribution < -0.4 is 18.9 Å². The molecule has 1 aromatic carbocycles. The van der Waals surface area contributed by atoms with Crippen molar-refractivity contribution < 1.29 is 18.9 Å². The molecule has 3 nitrogen and oxygen atoms in total. The van der Waals surface area contributed by atoms with Gasteiger partial charge in [0, 0.05) is 26.2 Å². The van der Waals surface area contributed by atoms with E-state index in [0.29, 0.717) is 12.1 Å². The van der Waals surface area contributed by atoms with Gasteiger partial charge in [0.15, 0.2) is 0 Å². The molecule has 0 bridgehead atoms. The van der Waals surface area contributed by atoms with Crippen LogP contribution in [0.25, 0.3) is 5.32 Å². The molecule has 0 spiro atoms. The summed E-state index contributed by atoms with van der Waals surface area (Å²) in [4.78, 5) is 4.94. The van der Waals surface area contributed by atoms with E-state index >= 15 is 0 Å². The molecule has 1 aromatic rings. The topological polar surface area (TPSA) is 20.6 Å². The Hall–Kier alpha value is -0.303. The van der Waals surface area contributed by atoms with Crippen molar-refractivity contribution in [3.63, 3.8) is 0 Å². The van der Waals surface area contributed by atoms with E-state index in [1.54, 1.807) is 0 Å². The van der Waals surface area contributed by atoms with Crippen molar-refractivity contribution in [2.24, 2.45) is 0 Å². The molecule has 1 saturated heterocycles. The van der Waals surface area contributed by atoms with E-state index in [4.69, 9.17) is 5.32 Å². The minimum absolute atomic E-state index is 0. The van der Waals surface area contributed by atoms with Crippen LogP contribution in [0.4, 0.5) is 0 Å². The Morgan fingerprint density at radius 1 is 1.05 bits per heavy atom. The second kappa shape index (κ2) is 8.87. The van der Waals surface area contributed by atoms with Crippen molar-refractivity contribution in [1.29, 1.82) is 0 Å². The molecule has 0 amide bonds. The maximum Gasteiger partial charge on any atom is 1.00 e. The minimum atomic E-state index is 0. The van der Waals surface area contributed by atoms with Crippen LogP contribution in [0.15, 0.2) is 30.3 Å². The van der Waals surface area contributed by atoms with Gasteiger partial charge < -0.3 is 15.1 Å². The monoisotopic (exact) mass is 267 g/mol. The van der Waals surface area contributed by atoms with E-state index < -0.39 is 0 Å². The van der Waals surface area contributed by atoms with E-state index in [0.717, 1.165) is 19.6 Å². The van der Waals surface area contributed by atoms with Crippen molar-refractivity contribution in [3.8, 4) is 0 Å². The van der Waals surface area contributed by atoms with E-state index in [9.17, 15) is 0 Å². The number of nitrogens with zero attached hydrogens (tertiary/aromatic N) is 3. The van der Waals surface area contributed by atoms with Crippen LogP contribution >= 0.6 is 0 Å². The third kappa shape index (κ3) is 5.59. The second-order valence-corrected chi connectivity index (χ2v) is 5.77. The predicted molar refractivity (Wildman–Crippen MR) is 81.6 cm³/mol. The van der Waals surface area contributed by atoms with Crippen molar-refractivity contribution in [2.75, 3.05) is 39.8 Å². The molecular weight excluding hydrogens is 241 g/mol. The van der Waals surface area contributed by atoms with Gasteiger partial charge in [-0.3, -0.25) is 0 Å². The summed E-state index contributed by atoms with van der Waals surface area (Å²) >= 11 is 0. The first-order valence-electron chi connectivity index (χ1n) is 7.31. The maximum atomic E-state index is 4.91. The van der Waals surface area contributed by atoms with E-state index in [2.05, 4.69) is 61.0 Å². The number of benzene rings is 1. The second-order valence-electron chi connectivity index (χ2n) is 5.77. The normalized spacial score (nSPS) is 18.8. The van der Waals surface area contributed by atoms with Gasteiger partial charge in [0.05, 0.1) is 0 Å². The van der Waals surface area contributed by atoms with Gasteiger partial charge in [0.1, 0.15) is 0 Å². The first kappa shape index (κ1) is 17.7. The smallest absolute Gasteiger partial charge is 0.652 e. The van der Waals surface area contributed by atoms with Gasteiger partial charge in [-0.2, -0.15) is 0 Å². The van der Waals surface area contributed by atoms with Crippen LogP contribution in [0.1, 0.15) is 25.5 Å². The van der Waals surface area contributed by atoms with Crippen molar-refractivity contribution in [2.45, 2.75) is 25.9 Å². The summed E-state index contributed by atoms with van der Waals surface area (Å²) in [6, 6.07) is 11.4. The van der Waals surface area contributed by atoms with Gasteiger partial charge in [0.25, 0.3) is 0 Å². The third-order valence-electron chi connectivity index (χ3n) is 3.69. The predicted octanol–water partition coefficient (Wildman–Crippen LogP) is -0.239.